The number of carbonyl (C=O) groups is 1. The smallest absolute Gasteiger partial charge is 0.230 e. The number of carbonyl (C=O) groups excluding carboxylic acids is 1. The summed E-state index contributed by atoms with van der Waals surface area (Å²) in [7, 11) is 1.65. The summed E-state index contributed by atoms with van der Waals surface area (Å²) in [5, 5.41) is 7.38. The third-order valence-electron chi connectivity index (χ3n) is 5.28. The van der Waals surface area contributed by atoms with Crippen molar-refractivity contribution in [3.63, 3.8) is 0 Å². The maximum atomic E-state index is 13.3. The van der Waals surface area contributed by atoms with Crippen molar-refractivity contribution in [2.24, 2.45) is 0 Å². The number of amides is 1. The van der Waals surface area contributed by atoms with Gasteiger partial charge in [-0.15, -0.1) is 0 Å². The van der Waals surface area contributed by atoms with Gasteiger partial charge in [0.05, 0.1) is 24.8 Å². The fourth-order valence-electron chi connectivity index (χ4n) is 3.97. The highest BCUT2D eigenvalue weighted by molar-refractivity contribution is 5.84. The van der Waals surface area contributed by atoms with Gasteiger partial charge in [-0.25, -0.2) is 0 Å². The minimum Gasteiger partial charge on any atom is -0.497 e. The minimum atomic E-state index is -0.112. The Morgan fingerprint density at radius 1 is 1.36 bits per heavy atom. The van der Waals surface area contributed by atoms with E-state index in [1.54, 1.807) is 7.11 Å². The standard InChI is InChI=1S/C20H27N3O2/c1-5-17(15-8-10-16(25-4)11-9-15)20(24)23-12-6-7-18(23)19-13(2)21-22-14(19)3/h8-11,17-18H,5-7,12H2,1-4H3,(H,21,22)/t17-,18+/m0/s1. The molecule has 3 rings (SSSR count). The predicted molar refractivity (Wildman–Crippen MR) is 97.8 cm³/mol. The molecule has 1 amide bonds. The van der Waals surface area contributed by atoms with Gasteiger partial charge in [-0.1, -0.05) is 19.1 Å². The molecule has 25 heavy (non-hydrogen) atoms. The molecule has 0 unspecified atom stereocenters. The van der Waals surface area contributed by atoms with Crippen molar-refractivity contribution in [2.75, 3.05) is 13.7 Å². The lowest BCUT2D eigenvalue weighted by Crippen LogP contribution is -2.35. The number of aromatic amines is 1. The Bertz CT molecular complexity index is 716. The molecule has 1 aliphatic heterocycles. The largest absolute Gasteiger partial charge is 0.497 e. The van der Waals surface area contributed by atoms with Crippen LogP contribution in [0.4, 0.5) is 0 Å². The van der Waals surface area contributed by atoms with E-state index in [2.05, 4.69) is 22.0 Å². The van der Waals surface area contributed by atoms with E-state index in [0.29, 0.717) is 0 Å². The monoisotopic (exact) mass is 341 g/mol. The molecule has 5 nitrogen and oxygen atoms in total. The van der Waals surface area contributed by atoms with Gasteiger partial charge in [0.2, 0.25) is 5.91 Å². The molecule has 1 fully saturated rings. The Morgan fingerprint density at radius 2 is 2.08 bits per heavy atom. The zero-order valence-corrected chi connectivity index (χ0v) is 15.5. The highest BCUT2D eigenvalue weighted by Crippen LogP contribution is 2.37. The second-order valence-corrected chi connectivity index (χ2v) is 6.77. The number of ether oxygens (including phenoxy) is 1. The average Bonchev–Trinajstić information content (AvgIpc) is 3.22. The Morgan fingerprint density at radius 3 is 2.64 bits per heavy atom. The number of nitrogens with zero attached hydrogens (tertiary/aromatic N) is 2. The highest BCUT2D eigenvalue weighted by atomic mass is 16.5. The molecule has 0 saturated carbocycles. The van der Waals surface area contributed by atoms with Gasteiger partial charge in [0.15, 0.2) is 0 Å². The topological polar surface area (TPSA) is 58.2 Å². The van der Waals surface area contributed by atoms with E-state index in [0.717, 1.165) is 48.5 Å². The maximum Gasteiger partial charge on any atom is 0.230 e. The second-order valence-electron chi connectivity index (χ2n) is 6.77. The number of H-pyrrole nitrogens is 1. The summed E-state index contributed by atoms with van der Waals surface area (Å²) in [5.74, 6) is 0.920. The molecule has 2 heterocycles. The number of hydrogen-bond acceptors (Lipinski definition) is 3. The lowest BCUT2D eigenvalue weighted by atomic mass is 9.93. The van der Waals surface area contributed by atoms with E-state index in [4.69, 9.17) is 4.74 Å². The number of likely N-dealkylation sites (tertiary alicyclic amines) is 1. The number of nitrogens with one attached hydrogen (secondary N) is 1. The van der Waals surface area contributed by atoms with Crippen LogP contribution in [-0.2, 0) is 4.79 Å². The molecule has 1 saturated heterocycles. The van der Waals surface area contributed by atoms with Gasteiger partial charge >= 0.3 is 0 Å². The first kappa shape index (κ1) is 17.5. The Labute approximate surface area is 149 Å². The van der Waals surface area contributed by atoms with Crippen molar-refractivity contribution >= 4 is 5.91 Å². The highest BCUT2D eigenvalue weighted by Gasteiger charge is 2.36. The quantitative estimate of drug-likeness (QED) is 0.897. The third kappa shape index (κ3) is 3.28. The molecule has 0 bridgehead atoms. The summed E-state index contributed by atoms with van der Waals surface area (Å²) < 4.78 is 5.23. The van der Waals surface area contributed by atoms with Crippen LogP contribution in [0.3, 0.4) is 0 Å². The van der Waals surface area contributed by atoms with Crippen LogP contribution in [0.15, 0.2) is 24.3 Å². The summed E-state index contributed by atoms with van der Waals surface area (Å²) in [6, 6.07) is 8.00. The van der Waals surface area contributed by atoms with E-state index in [-0.39, 0.29) is 17.9 Å². The SMILES string of the molecule is CC[C@H](C(=O)N1CCC[C@@H]1c1c(C)n[nH]c1C)c1ccc(OC)cc1. The van der Waals surface area contributed by atoms with E-state index in [1.165, 1.54) is 5.56 Å². The molecule has 0 radical (unpaired) electrons. The number of benzene rings is 1. The van der Waals surface area contributed by atoms with Gasteiger partial charge in [-0.2, -0.15) is 5.10 Å². The summed E-state index contributed by atoms with van der Waals surface area (Å²) in [4.78, 5) is 15.4. The Balaban J connectivity index is 1.86. The van der Waals surface area contributed by atoms with E-state index >= 15 is 0 Å². The molecule has 2 atom stereocenters. The maximum absolute atomic E-state index is 13.3. The van der Waals surface area contributed by atoms with Crippen LogP contribution in [0, 0.1) is 13.8 Å². The first-order valence-electron chi connectivity index (χ1n) is 9.02. The molecule has 1 aromatic carbocycles. The van der Waals surface area contributed by atoms with Gasteiger partial charge in [0.1, 0.15) is 5.75 Å². The molecular formula is C20H27N3O2. The first-order chi connectivity index (χ1) is 12.1. The van der Waals surface area contributed by atoms with Crippen molar-refractivity contribution in [1.29, 1.82) is 0 Å². The summed E-state index contributed by atoms with van der Waals surface area (Å²) in [5.41, 5.74) is 4.31. The fraction of sp³-hybridized carbons (Fsp3) is 0.500. The Kier molecular flexibility index (Phi) is 5.11. The molecular weight excluding hydrogens is 314 g/mol. The van der Waals surface area contributed by atoms with E-state index in [1.807, 2.05) is 38.1 Å². The van der Waals surface area contributed by atoms with E-state index < -0.39 is 0 Å². The van der Waals surface area contributed by atoms with Gasteiger partial charge in [-0.3, -0.25) is 9.89 Å². The van der Waals surface area contributed by atoms with Crippen LogP contribution in [0.1, 0.15) is 60.7 Å². The number of hydrogen-bond donors (Lipinski definition) is 1. The number of rotatable bonds is 5. The third-order valence-corrected chi connectivity index (χ3v) is 5.28. The molecule has 1 aliphatic rings. The number of aryl methyl sites for hydroxylation is 2. The first-order valence-corrected chi connectivity index (χ1v) is 9.02. The van der Waals surface area contributed by atoms with Crippen LogP contribution in [-0.4, -0.2) is 34.7 Å². The van der Waals surface area contributed by atoms with Gasteiger partial charge in [-0.05, 0) is 50.8 Å². The van der Waals surface area contributed by atoms with Crippen LogP contribution in [0.5, 0.6) is 5.75 Å². The Hall–Kier alpha value is -2.30. The van der Waals surface area contributed by atoms with E-state index in [9.17, 15) is 4.79 Å². The van der Waals surface area contributed by atoms with Crippen molar-refractivity contribution in [2.45, 2.75) is 52.0 Å². The molecule has 0 aliphatic carbocycles. The number of methoxy groups -OCH3 is 1. The normalized spacial score (nSPS) is 18.4. The lowest BCUT2D eigenvalue weighted by Gasteiger charge is -2.29. The van der Waals surface area contributed by atoms with Gasteiger partial charge in [0, 0.05) is 17.8 Å². The fourth-order valence-corrected chi connectivity index (χ4v) is 3.97. The van der Waals surface area contributed by atoms with Crippen LogP contribution >= 0.6 is 0 Å². The summed E-state index contributed by atoms with van der Waals surface area (Å²) in [6.45, 7) is 6.95. The van der Waals surface area contributed by atoms with Gasteiger partial charge in [0.25, 0.3) is 0 Å². The summed E-state index contributed by atoms with van der Waals surface area (Å²) >= 11 is 0. The van der Waals surface area contributed by atoms with Gasteiger partial charge < -0.3 is 9.64 Å². The average molecular weight is 341 g/mol. The summed E-state index contributed by atoms with van der Waals surface area (Å²) in [6.07, 6.45) is 2.84. The molecule has 1 N–H and O–H groups in total. The van der Waals surface area contributed by atoms with Crippen LogP contribution in [0.25, 0.3) is 0 Å². The molecule has 1 aromatic heterocycles. The predicted octanol–water partition coefficient (Wildman–Crippen LogP) is 3.89. The van der Waals surface area contributed by atoms with Crippen LogP contribution < -0.4 is 4.74 Å². The zero-order valence-electron chi connectivity index (χ0n) is 15.5. The van der Waals surface area contributed by atoms with Crippen molar-refractivity contribution in [3.8, 4) is 5.75 Å². The zero-order chi connectivity index (χ0) is 18.0. The van der Waals surface area contributed by atoms with Crippen LogP contribution in [0.2, 0.25) is 0 Å². The molecule has 134 valence electrons. The second kappa shape index (κ2) is 7.30. The molecule has 2 aromatic rings. The lowest BCUT2D eigenvalue weighted by molar-refractivity contribution is -0.133. The minimum absolute atomic E-state index is 0.112. The molecule has 5 heteroatoms. The van der Waals surface area contributed by atoms with Crippen molar-refractivity contribution < 1.29 is 9.53 Å². The van der Waals surface area contributed by atoms with Crippen molar-refractivity contribution in [3.05, 3.63) is 46.8 Å². The van der Waals surface area contributed by atoms with Crippen molar-refractivity contribution in [1.82, 2.24) is 15.1 Å². The number of aromatic nitrogens is 2. The molecule has 0 spiro atoms.